The normalized spacial score (nSPS) is 13.1. The molecule has 0 radical (unpaired) electrons. The van der Waals surface area contributed by atoms with Gasteiger partial charge in [0.25, 0.3) is 0 Å². The molecule has 0 aliphatic heterocycles. The summed E-state index contributed by atoms with van der Waals surface area (Å²) in [7, 11) is -2.66. The summed E-state index contributed by atoms with van der Waals surface area (Å²) < 4.78 is 28.2. The smallest absolute Gasteiger partial charge is 0.243 e. The molecule has 4 aromatic rings. The fourth-order valence-corrected chi connectivity index (χ4v) is 6.18. The van der Waals surface area contributed by atoms with Gasteiger partial charge in [-0.1, -0.05) is 96.9 Å². The zero-order valence-electron chi connectivity index (χ0n) is 24.3. The molecule has 0 unspecified atom stereocenters. The molecule has 7 nitrogen and oxygen atoms in total. The van der Waals surface area contributed by atoms with Gasteiger partial charge in [0.2, 0.25) is 21.8 Å². The zero-order chi connectivity index (χ0) is 31.1. The van der Waals surface area contributed by atoms with E-state index in [1.807, 2.05) is 68.4 Å². The van der Waals surface area contributed by atoms with Gasteiger partial charge in [-0.05, 0) is 59.5 Å². The summed E-state index contributed by atoms with van der Waals surface area (Å²) >= 11 is 12.4. The lowest BCUT2D eigenvalue weighted by Crippen LogP contribution is -2.54. The van der Waals surface area contributed by atoms with Gasteiger partial charge in [-0.25, -0.2) is 8.42 Å². The van der Waals surface area contributed by atoms with Crippen molar-refractivity contribution in [1.82, 2.24) is 14.5 Å². The predicted molar refractivity (Wildman–Crippen MR) is 173 cm³/mol. The lowest BCUT2D eigenvalue weighted by atomic mass is 10.0. The maximum atomic E-state index is 14.1. The Morgan fingerprint density at radius 3 is 2.19 bits per heavy atom. The second kappa shape index (κ2) is 14.4. The van der Waals surface area contributed by atoms with Gasteiger partial charge in [0, 0.05) is 26.1 Å². The number of benzene rings is 4. The first-order chi connectivity index (χ1) is 20.5. The number of sulfonamides is 1. The maximum Gasteiger partial charge on any atom is 0.243 e. The van der Waals surface area contributed by atoms with Crippen LogP contribution in [-0.2, 0) is 32.6 Å². The monoisotopic (exact) mass is 639 g/mol. The van der Waals surface area contributed by atoms with Gasteiger partial charge in [0.1, 0.15) is 6.04 Å². The van der Waals surface area contributed by atoms with Crippen molar-refractivity contribution in [3.63, 3.8) is 0 Å². The van der Waals surface area contributed by atoms with Crippen molar-refractivity contribution in [2.24, 2.45) is 0 Å². The van der Waals surface area contributed by atoms with Gasteiger partial charge in [-0.2, -0.15) is 4.31 Å². The number of fused-ring (bicyclic) bond motifs is 1. The molecular formula is C33H35Cl2N3O4S. The molecule has 4 rings (SSSR count). The van der Waals surface area contributed by atoms with E-state index >= 15 is 0 Å². The lowest BCUT2D eigenvalue weighted by molar-refractivity contribution is -0.141. The van der Waals surface area contributed by atoms with Crippen molar-refractivity contribution in [3.05, 3.63) is 112 Å². The quantitative estimate of drug-likeness (QED) is 0.196. The molecule has 0 spiro atoms. The summed E-state index contributed by atoms with van der Waals surface area (Å²) in [6.07, 6.45) is 0.939. The van der Waals surface area contributed by atoms with E-state index < -0.39 is 28.5 Å². The van der Waals surface area contributed by atoms with Crippen LogP contribution in [0.25, 0.3) is 10.8 Å². The van der Waals surface area contributed by atoms with E-state index in [1.54, 1.807) is 30.3 Å². The second-order valence-electron chi connectivity index (χ2n) is 10.6. The summed E-state index contributed by atoms with van der Waals surface area (Å²) in [5.41, 5.74) is 1.51. The number of amides is 2. The summed E-state index contributed by atoms with van der Waals surface area (Å²) in [4.78, 5) is 29.3. The number of halogens is 2. The molecule has 2 amide bonds. The van der Waals surface area contributed by atoms with E-state index in [-0.39, 0.29) is 29.8 Å². The fraction of sp³-hybridized carbons (Fsp3) is 0.273. The van der Waals surface area contributed by atoms with Crippen LogP contribution in [0.2, 0.25) is 10.0 Å². The molecule has 0 saturated carbocycles. The Kier molecular flexibility index (Phi) is 10.8. The zero-order valence-corrected chi connectivity index (χ0v) is 26.7. The Hall–Kier alpha value is -3.43. The van der Waals surface area contributed by atoms with Gasteiger partial charge < -0.3 is 10.2 Å². The van der Waals surface area contributed by atoms with Gasteiger partial charge in [-0.3, -0.25) is 9.59 Å². The van der Waals surface area contributed by atoms with Gasteiger partial charge in [0.15, 0.2) is 0 Å². The highest BCUT2D eigenvalue weighted by molar-refractivity contribution is 7.89. The van der Waals surface area contributed by atoms with Crippen molar-refractivity contribution in [1.29, 1.82) is 0 Å². The fourth-order valence-electron chi connectivity index (χ4n) is 4.70. The highest BCUT2D eigenvalue weighted by Crippen LogP contribution is 2.25. The molecule has 0 aromatic heterocycles. The second-order valence-corrected chi connectivity index (χ2v) is 13.4. The SMILES string of the molecule is CC[C@@H](C)NC(=O)[C@H](Cc1ccccc1)N(Cc1ccc(Cl)c(Cl)c1)C(=O)CN(C)S(=O)(=O)c1ccc2ccccc2c1. The molecule has 1 N–H and O–H groups in total. The van der Waals surface area contributed by atoms with Crippen molar-refractivity contribution in [2.75, 3.05) is 13.6 Å². The molecule has 0 fully saturated rings. The van der Waals surface area contributed by atoms with Crippen LogP contribution in [-0.4, -0.2) is 55.1 Å². The highest BCUT2D eigenvalue weighted by Gasteiger charge is 2.33. The van der Waals surface area contributed by atoms with E-state index in [1.165, 1.54) is 18.0 Å². The molecule has 2 atom stereocenters. The van der Waals surface area contributed by atoms with Crippen molar-refractivity contribution in [3.8, 4) is 0 Å². The number of hydrogen-bond donors (Lipinski definition) is 1. The van der Waals surface area contributed by atoms with Gasteiger partial charge in [0.05, 0.1) is 21.5 Å². The average Bonchev–Trinajstić information content (AvgIpc) is 3.00. The van der Waals surface area contributed by atoms with E-state index in [4.69, 9.17) is 23.2 Å². The van der Waals surface area contributed by atoms with Crippen LogP contribution in [0.3, 0.4) is 0 Å². The molecule has 0 saturated heterocycles. The summed E-state index contributed by atoms with van der Waals surface area (Å²) in [6, 6.07) is 25.7. The van der Waals surface area contributed by atoms with E-state index in [0.29, 0.717) is 22.0 Å². The van der Waals surface area contributed by atoms with E-state index in [0.717, 1.165) is 20.6 Å². The summed E-state index contributed by atoms with van der Waals surface area (Å²) in [5.74, 6) is -0.857. The predicted octanol–water partition coefficient (Wildman–Crippen LogP) is 6.32. The van der Waals surface area contributed by atoms with Gasteiger partial charge >= 0.3 is 0 Å². The topological polar surface area (TPSA) is 86.8 Å². The number of nitrogens with zero attached hydrogens (tertiary/aromatic N) is 2. The molecule has 0 heterocycles. The van der Waals surface area contributed by atoms with Crippen LogP contribution in [0.15, 0.2) is 95.9 Å². The lowest BCUT2D eigenvalue weighted by Gasteiger charge is -2.33. The maximum absolute atomic E-state index is 14.1. The largest absolute Gasteiger partial charge is 0.352 e. The Morgan fingerprint density at radius 2 is 1.51 bits per heavy atom. The molecule has 4 aromatic carbocycles. The molecule has 0 aliphatic carbocycles. The van der Waals surface area contributed by atoms with Crippen molar-refractivity contribution < 1.29 is 18.0 Å². The minimum absolute atomic E-state index is 0.0189. The Bertz CT molecular complexity index is 1700. The van der Waals surface area contributed by atoms with Crippen LogP contribution >= 0.6 is 23.2 Å². The number of likely N-dealkylation sites (N-methyl/N-ethyl adjacent to an activating group) is 1. The molecule has 226 valence electrons. The Morgan fingerprint density at radius 1 is 0.837 bits per heavy atom. The Labute approximate surface area is 263 Å². The van der Waals surface area contributed by atoms with Crippen molar-refractivity contribution >= 4 is 55.8 Å². The first-order valence-corrected chi connectivity index (χ1v) is 16.2. The molecule has 43 heavy (non-hydrogen) atoms. The average molecular weight is 641 g/mol. The van der Waals surface area contributed by atoms with Gasteiger partial charge in [-0.15, -0.1) is 0 Å². The third kappa shape index (κ3) is 8.15. The number of carbonyl (C=O) groups is 2. The van der Waals surface area contributed by atoms with Crippen LogP contribution in [0.4, 0.5) is 0 Å². The van der Waals surface area contributed by atoms with E-state index in [9.17, 15) is 18.0 Å². The van der Waals surface area contributed by atoms with Crippen LogP contribution in [0.5, 0.6) is 0 Å². The summed E-state index contributed by atoms with van der Waals surface area (Å²) in [6.45, 7) is 3.40. The third-order valence-electron chi connectivity index (χ3n) is 7.40. The first-order valence-electron chi connectivity index (χ1n) is 14.0. The third-order valence-corrected chi connectivity index (χ3v) is 9.93. The number of carbonyl (C=O) groups excluding carboxylic acids is 2. The minimum Gasteiger partial charge on any atom is -0.352 e. The number of hydrogen-bond acceptors (Lipinski definition) is 4. The molecule has 10 heteroatoms. The highest BCUT2D eigenvalue weighted by atomic mass is 35.5. The van der Waals surface area contributed by atoms with Crippen LogP contribution in [0, 0.1) is 0 Å². The minimum atomic E-state index is -4.03. The van der Waals surface area contributed by atoms with Crippen LogP contribution < -0.4 is 5.32 Å². The molecular weight excluding hydrogens is 605 g/mol. The number of nitrogens with one attached hydrogen (secondary N) is 1. The first kappa shape index (κ1) is 32.5. The molecule has 0 bridgehead atoms. The number of rotatable bonds is 12. The van der Waals surface area contributed by atoms with Crippen LogP contribution in [0.1, 0.15) is 31.4 Å². The standard InChI is InChI=1S/C33H35Cl2N3O4S/c1-4-23(2)36-33(40)31(19-24-10-6-5-7-11-24)38(21-25-14-17-29(34)30(35)18-25)32(39)22-37(3)43(41,42)28-16-15-26-12-8-9-13-27(26)20-28/h5-18,20,23,31H,4,19,21-22H2,1-3H3,(H,36,40)/t23-,31+/m1/s1. The molecule has 0 aliphatic rings. The Balaban J connectivity index is 1.69. The van der Waals surface area contributed by atoms with E-state index in [2.05, 4.69) is 5.32 Å². The summed E-state index contributed by atoms with van der Waals surface area (Å²) in [5, 5.41) is 5.36. The van der Waals surface area contributed by atoms with Crippen molar-refractivity contribution in [2.45, 2.75) is 50.2 Å².